The summed E-state index contributed by atoms with van der Waals surface area (Å²) < 4.78 is 5.30. The van der Waals surface area contributed by atoms with E-state index in [-0.39, 0.29) is 12.1 Å². The van der Waals surface area contributed by atoms with Gasteiger partial charge in [-0.05, 0) is 32.3 Å². The summed E-state index contributed by atoms with van der Waals surface area (Å²) in [4.78, 5) is 18.6. The maximum absolute atomic E-state index is 12.6. The Labute approximate surface area is 135 Å². The standard InChI is InChI=1S/C16H21N5O2/c1-2-23-15-7-6-13(11-17-15)20-16(22)21-8-4-3-5-14(21)12-9-18-19-10-12/h6-7,9-11,14H,2-5,8H2,1H3,(H,18,19)(H,20,22)/t14-/m0/s1. The second-order valence-electron chi connectivity index (χ2n) is 5.48. The Morgan fingerprint density at radius 2 is 2.35 bits per heavy atom. The number of rotatable bonds is 4. The molecule has 1 aliphatic rings. The van der Waals surface area contributed by atoms with Crippen LogP contribution < -0.4 is 10.1 Å². The zero-order valence-electron chi connectivity index (χ0n) is 13.2. The van der Waals surface area contributed by atoms with E-state index in [4.69, 9.17) is 4.74 Å². The van der Waals surface area contributed by atoms with Crippen molar-refractivity contribution in [3.8, 4) is 5.88 Å². The third-order valence-electron chi connectivity index (χ3n) is 3.95. The number of likely N-dealkylation sites (tertiary alicyclic amines) is 1. The molecule has 1 atom stereocenters. The van der Waals surface area contributed by atoms with E-state index in [2.05, 4.69) is 20.5 Å². The zero-order chi connectivity index (χ0) is 16.1. The molecule has 1 fully saturated rings. The summed E-state index contributed by atoms with van der Waals surface area (Å²) in [5.41, 5.74) is 1.71. The van der Waals surface area contributed by atoms with Crippen LogP contribution in [0.5, 0.6) is 5.88 Å². The van der Waals surface area contributed by atoms with Crippen molar-refractivity contribution in [3.63, 3.8) is 0 Å². The van der Waals surface area contributed by atoms with Gasteiger partial charge in [0, 0.05) is 24.4 Å². The smallest absolute Gasteiger partial charge is 0.322 e. The van der Waals surface area contributed by atoms with Crippen molar-refractivity contribution in [3.05, 3.63) is 36.3 Å². The van der Waals surface area contributed by atoms with Crippen molar-refractivity contribution >= 4 is 11.7 Å². The van der Waals surface area contributed by atoms with E-state index >= 15 is 0 Å². The SMILES string of the molecule is CCOc1ccc(NC(=O)N2CCCC[C@H]2c2cn[nH]c2)cn1. The van der Waals surface area contributed by atoms with Gasteiger partial charge in [0.2, 0.25) is 5.88 Å². The van der Waals surface area contributed by atoms with Crippen molar-refractivity contribution in [2.75, 3.05) is 18.5 Å². The normalized spacial score (nSPS) is 17.8. The number of hydrogen-bond acceptors (Lipinski definition) is 4. The van der Waals surface area contributed by atoms with Crippen LogP contribution in [0, 0.1) is 0 Å². The predicted octanol–water partition coefficient (Wildman–Crippen LogP) is 2.96. The molecule has 0 spiro atoms. The van der Waals surface area contributed by atoms with Gasteiger partial charge in [-0.2, -0.15) is 5.10 Å². The summed E-state index contributed by atoms with van der Waals surface area (Å²) in [5, 5.41) is 9.73. The van der Waals surface area contributed by atoms with Gasteiger partial charge in [0.05, 0.1) is 30.7 Å². The minimum absolute atomic E-state index is 0.0677. The fourth-order valence-corrected chi connectivity index (χ4v) is 2.85. The molecule has 0 bridgehead atoms. The zero-order valence-corrected chi connectivity index (χ0v) is 13.2. The van der Waals surface area contributed by atoms with E-state index in [0.717, 1.165) is 31.4 Å². The highest BCUT2D eigenvalue weighted by atomic mass is 16.5. The Morgan fingerprint density at radius 1 is 1.43 bits per heavy atom. The van der Waals surface area contributed by atoms with Crippen molar-refractivity contribution in [1.82, 2.24) is 20.1 Å². The lowest BCUT2D eigenvalue weighted by Crippen LogP contribution is -2.41. The number of piperidine rings is 1. The minimum Gasteiger partial charge on any atom is -0.478 e. The monoisotopic (exact) mass is 315 g/mol. The van der Waals surface area contributed by atoms with E-state index < -0.39 is 0 Å². The highest BCUT2D eigenvalue weighted by Gasteiger charge is 2.28. The molecule has 3 rings (SSSR count). The number of aromatic nitrogens is 3. The van der Waals surface area contributed by atoms with E-state index in [1.54, 1.807) is 24.5 Å². The number of aromatic amines is 1. The summed E-state index contributed by atoms with van der Waals surface area (Å²) in [6.45, 7) is 3.22. The molecule has 2 aromatic heterocycles. The molecule has 0 radical (unpaired) electrons. The summed E-state index contributed by atoms with van der Waals surface area (Å²) in [5.74, 6) is 0.555. The number of urea groups is 1. The number of pyridine rings is 1. The maximum atomic E-state index is 12.6. The number of nitrogens with one attached hydrogen (secondary N) is 2. The molecule has 7 heteroatoms. The molecule has 122 valence electrons. The van der Waals surface area contributed by atoms with Gasteiger partial charge in [-0.15, -0.1) is 0 Å². The third-order valence-corrected chi connectivity index (χ3v) is 3.95. The molecular weight excluding hydrogens is 294 g/mol. The van der Waals surface area contributed by atoms with E-state index in [1.165, 1.54) is 0 Å². The first-order valence-corrected chi connectivity index (χ1v) is 7.93. The number of amides is 2. The quantitative estimate of drug-likeness (QED) is 0.908. The molecule has 1 aliphatic heterocycles. The lowest BCUT2D eigenvalue weighted by atomic mass is 9.98. The Morgan fingerprint density at radius 3 is 3.04 bits per heavy atom. The van der Waals surface area contributed by atoms with Gasteiger partial charge in [0.1, 0.15) is 0 Å². The van der Waals surface area contributed by atoms with Crippen LogP contribution in [-0.4, -0.2) is 39.3 Å². The fraction of sp³-hybridized carbons (Fsp3) is 0.438. The Hall–Kier alpha value is -2.57. The number of hydrogen-bond donors (Lipinski definition) is 2. The summed E-state index contributed by atoms with van der Waals surface area (Å²) >= 11 is 0. The van der Waals surface area contributed by atoms with Crippen molar-refractivity contribution < 1.29 is 9.53 Å². The van der Waals surface area contributed by atoms with Gasteiger partial charge in [0.15, 0.2) is 0 Å². The van der Waals surface area contributed by atoms with Gasteiger partial charge < -0.3 is 15.0 Å². The fourth-order valence-electron chi connectivity index (χ4n) is 2.85. The van der Waals surface area contributed by atoms with Crippen LogP contribution in [-0.2, 0) is 0 Å². The second kappa shape index (κ2) is 7.13. The first kappa shape index (κ1) is 15.3. The average molecular weight is 315 g/mol. The van der Waals surface area contributed by atoms with Gasteiger partial charge in [-0.1, -0.05) is 0 Å². The molecule has 7 nitrogen and oxygen atoms in total. The lowest BCUT2D eigenvalue weighted by Gasteiger charge is -2.35. The van der Waals surface area contributed by atoms with E-state index in [1.807, 2.05) is 18.0 Å². The summed E-state index contributed by atoms with van der Waals surface area (Å²) in [7, 11) is 0. The summed E-state index contributed by atoms with van der Waals surface area (Å²) in [6, 6.07) is 3.51. The molecule has 1 saturated heterocycles. The van der Waals surface area contributed by atoms with Crippen LogP contribution in [0.25, 0.3) is 0 Å². The van der Waals surface area contributed by atoms with Gasteiger partial charge in [-0.3, -0.25) is 5.10 Å². The first-order chi connectivity index (χ1) is 11.3. The summed E-state index contributed by atoms with van der Waals surface area (Å²) in [6.07, 6.45) is 8.34. The van der Waals surface area contributed by atoms with Crippen LogP contribution in [0.4, 0.5) is 10.5 Å². The van der Waals surface area contributed by atoms with Crippen LogP contribution in [0.3, 0.4) is 0 Å². The maximum Gasteiger partial charge on any atom is 0.322 e. The van der Waals surface area contributed by atoms with Crippen molar-refractivity contribution in [2.24, 2.45) is 0 Å². The lowest BCUT2D eigenvalue weighted by molar-refractivity contribution is 0.163. The largest absolute Gasteiger partial charge is 0.478 e. The molecule has 0 aliphatic carbocycles. The molecule has 0 unspecified atom stereocenters. The third kappa shape index (κ3) is 3.61. The first-order valence-electron chi connectivity index (χ1n) is 7.93. The Bertz CT molecular complexity index is 626. The highest BCUT2D eigenvalue weighted by molar-refractivity contribution is 5.89. The number of carbonyl (C=O) groups is 1. The number of H-pyrrole nitrogens is 1. The number of nitrogens with zero attached hydrogens (tertiary/aromatic N) is 3. The van der Waals surface area contributed by atoms with Crippen LogP contribution in [0.1, 0.15) is 37.8 Å². The van der Waals surface area contributed by atoms with E-state index in [9.17, 15) is 4.79 Å². The Kier molecular flexibility index (Phi) is 4.75. The number of anilines is 1. The van der Waals surface area contributed by atoms with Crippen LogP contribution in [0.15, 0.2) is 30.7 Å². The topological polar surface area (TPSA) is 83.1 Å². The number of carbonyl (C=O) groups excluding carboxylic acids is 1. The molecule has 0 aromatic carbocycles. The predicted molar refractivity (Wildman–Crippen MR) is 86.3 cm³/mol. The minimum atomic E-state index is -0.109. The molecule has 2 N–H and O–H groups in total. The molecule has 23 heavy (non-hydrogen) atoms. The van der Waals surface area contributed by atoms with Gasteiger partial charge in [-0.25, -0.2) is 9.78 Å². The van der Waals surface area contributed by atoms with Crippen molar-refractivity contribution in [1.29, 1.82) is 0 Å². The highest BCUT2D eigenvalue weighted by Crippen LogP contribution is 2.30. The Balaban J connectivity index is 1.68. The van der Waals surface area contributed by atoms with E-state index in [0.29, 0.717) is 18.2 Å². The number of ether oxygens (including phenoxy) is 1. The second-order valence-corrected chi connectivity index (χ2v) is 5.48. The van der Waals surface area contributed by atoms with Crippen molar-refractivity contribution in [2.45, 2.75) is 32.2 Å². The average Bonchev–Trinajstić information content (AvgIpc) is 3.11. The molecule has 2 aromatic rings. The van der Waals surface area contributed by atoms with Crippen LogP contribution in [0.2, 0.25) is 0 Å². The van der Waals surface area contributed by atoms with Gasteiger partial charge >= 0.3 is 6.03 Å². The molecule has 2 amide bonds. The molecular formula is C16H21N5O2. The molecule has 3 heterocycles. The molecule has 0 saturated carbocycles. The van der Waals surface area contributed by atoms with Crippen LogP contribution >= 0.6 is 0 Å². The van der Waals surface area contributed by atoms with Gasteiger partial charge in [0.25, 0.3) is 0 Å².